The van der Waals surface area contributed by atoms with E-state index in [0.717, 1.165) is 45.6 Å². The first-order valence-corrected chi connectivity index (χ1v) is 13.7. The number of allylic oxidation sites excluding steroid dienone is 1. The number of rotatable bonds is 5. The maximum absolute atomic E-state index is 14.0. The molecule has 6 heteroatoms. The Balaban J connectivity index is 1.58. The van der Waals surface area contributed by atoms with Gasteiger partial charge in [0.05, 0.1) is 30.5 Å². The summed E-state index contributed by atoms with van der Waals surface area (Å²) in [6.45, 7) is 4.36. The van der Waals surface area contributed by atoms with Crippen molar-refractivity contribution in [3.63, 3.8) is 0 Å². The zero-order valence-electron chi connectivity index (χ0n) is 22.0. The van der Waals surface area contributed by atoms with Gasteiger partial charge in [-0.1, -0.05) is 79.8 Å². The molecule has 6 rings (SSSR count). The van der Waals surface area contributed by atoms with Crippen molar-refractivity contribution in [2.24, 2.45) is 4.99 Å². The summed E-state index contributed by atoms with van der Waals surface area (Å²) >= 11 is 1.45. The van der Waals surface area contributed by atoms with E-state index in [2.05, 4.69) is 62.4 Å². The lowest BCUT2D eigenvalue weighted by Gasteiger charge is -2.31. The molecule has 1 aromatic heterocycles. The molecule has 0 saturated heterocycles. The normalized spacial score (nSPS) is 16.6. The van der Waals surface area contributed by atoms with E-state index in [9.17, 15) is 4.79 Å². The average Bonchev–Trinajstić information content (AvgIpc) is 3.25. The van der Waals surface area contributed by atoms with Crippen molar-refractivity contribution < 1.29 is 9.47 Å². The summed E-state index contributed by atoms with van der Waals surface area (Å²) in [5.41, 5.74) is 7.86. The number of aryl methyl sites for hydroxylation is 1. The minimum atomic E-state index is -0.264. The third-order valence-electron chi connectivity index (χ3n) is 7.50. The van der Waals surface area contributed by atoms with Crippen LogP contribution in [0.4, 0.5) is 0 Å². The molecule has 1 atom stereocenters. The number of hydrogen-bond acceptors (Lipinski definition) is 5. The van der Waals surface area contributed by atoms with Gasteiger partial charge in [-0.05, 0) is 64.8 Å². The standard InChI is InChI=1S/C32H30N2O3S/c1-19(2)21-11-9-20(10-12-21)17-28-31(35)34-30(23-14-16-26(36-3)27(18-23)37-4)25-15-13-22-7-5-6-8-24(22)29(25)33-32(34)38-28/h5-12,14,16-19,30H,13,15H2,1-4H3. The number of fused-ring (bicyclic) bond motifs is 3. The second-order valence-corrected chi connectivity index (χ2v) is 11.1. The maximum atomic E-state index is 14.0. The predicted molar refractivity (Wildman–Crippen MR) is 153 cm³/mol. The molecule has 0 fully saturated rings. The van der Waals surface area contributed by atoms with Crippen molar-refractivity contribution in [1.29, 1.82) is 0 Å². The first kappa shape index (κ1) is 24.4. The van der Waals surface area contributed by atoms with Gasteiger partial charge in [-0.3, -0.25) is 9.36 Å². The highest BCUT2D eigenvalue weighted by Gasteiger charge is 2.33. The second-order valence-electron chi connectivity index (χ2n) is 10.0. The van der Waals surface area contributed by atoms with Crippen molar-refractivity contribution in [2.75, 3.05) is 14.2 Å². The van der Waals surface area contributed by atoms with Gasteiger partial charge >= 0.3 is 0 Å². The Labute approximate surface area is 226 Å². The van der Waals surface area contributed by atoms with Crippen LogP contribution in [0.5, 0.6) is 11.5 Å². The Morgan fingerprint density at radius 2 is 1.74 bits per heavy atom. The van der Waals surface area contributed by atoms with Crippen LogP contribution in [0.3, 0.4) is 0 Å². The van der Waals surface area contributed by atoms with E-state index in [4.69, 9.17) is 14.5 Å². The molecular formula is C32H30N2O3S. The molecular weight excluding hydrogens is 492 g/mol. The zero-order chi connectivity index (χ0) is 26.4. The summed E-state index contributed by atoms with van der Waals surface area (Å²) in [4.78, 5) is 19.8. The lowest BCUT2D eigenvalue weighted by atomic mass is 9.83. The molecule has 0 N–H and O–H groups in total. The summed E-state index contributed by atoms with van der Waals surface area (Å²) in [6, 6.07) is 22.6. The average molecular weight is 523 g/mol. The Bertz CT molecular complexity index is 1740. The molecule has 192 valence electrons. The van der Waals surface area contributed by atoms with Gasteiger partial charge < -0.3 is 9.47 Å². The van der Waals surface area contributed by atoms with E-state index < -0.39 is 0 Å². The van der Waals surface area contributed by atoms with E-state index in [1.165, 1.54) is 22.5 Å². The van der Waals surface area contributed by atoms with Crippen LogP contribution in [0, 0.1) is 0 Å². The van der Waals surface area contributed by atoms with Gasteiger partial charge in [-0.25, -0.2) is 4.99 Å². The highest BCUT2D eigenvalue weighted by atomic mass is 32.1. The number of thiazole rings is 1. The van der Waals surface area contributed by atoms with Crippen LogP contribution >= 0.6 is 11.3 Å². The number of methoxy groups -OCH3 is 2. The van der Waals surface area contributed by atoms with Crippen LogP contribution in [-0.4, -0.2) is 18.8 Å². The molecule has 38 heavy (non-hydrogen) atoms. The van der Waals surface area contributed by atoms with Gasteiger partial charge in [0, 0.05) is 5.56 Å². The Kier molecular flexibility index (Phi) is 6.28. The minimum Gasteiger partial charge on any atom is -0.493 e. The smallest absolute Gasteiger partial charge is 0.271 e. The third-order valence-corrected chi connectivity index (χ3v) is 8.48. The molecule has 1 unspecified atom stereocenters. The number of benzene rings is 3. The van der Waals surface area contributed by atoms with Gasteiger partial charge in [0.25, 0.3) is 5.56 Å². The van der Waals surface area contributed by atoms with Gasteiger partial charge in [-0.2, -0.15) is 0 Å². The van der Waals surface area contributed by atoms with Crippen LogP contribution in [-0.2, 0) is 6.42 Å². The Morgan fingerprint density at radius 3 is 2.47 bits per heavy atom. The van der Waals surface area contributed by atoms with E-state index in [0.29, 0.717) is 21.9 Å². The summed E-state index contributed by atoms with van der Waals surface area (Å²) < 4.78 is 13.7. The SMILES string of the molecule is COc1ccc(C2C3=C(N=c4sc(=Cc5ccc(C(C)C)cc5)c(=O)n42)c2ccccc2CC3)cc1OC. The lowest BCUT2D eigenvalue weighted by molar-refractivity contribution is 0.354. The Hall–Kier alpha value is -3.90. The van der Waals surface area contributed by atoms with Crippen LogP contribution in [0.25, 0.3) is 11.8 Å². The first-order chi connectivity index (χ1) is 18.5. The fraction of sp³-hybridized carbons (Fsp3) is 0.250. The molecule has 0 radical (unpaired) electrons. The van der Waals surface area contributed by atoms with E-state index in [1.54, 1.807) is 14.2 Å². The van der Waals surface area contributed by atoms with Crippen molar-refractivity contribution in [3.05, 3.63) is 120 Å². The van der Waals surface area contributed by atoms with Crippen LogP contribution in [0.15, 0.2) is 82.1 Å². The fourth-order valence-corrected chi connectivity index (χ4v) is 6.47. The lowest BCUT2D eigenvalue weighted by Crippen LogP contribution is -2.38. The minimum absolute atomic E-state index is 0.0214. The highest BCUT2D eigenvalue weighted by Crippen LogP contribution is 2.42. The molecule has 0 saturated carbocycles. The topological polar surface area (TPSA) is 52.8 Å². The summed E-state index contributed by atoms with van der Waals surface area (Å²) in [5, 5.41) is 0. The zero-order valence-corrected chi connectivity index (χ0v) is 22.8. The second kappa shape index (κ2) is 9.76. The molecule has 4 aromatic rings. The molecule has 3 aromatic carbocycles. The molecule has 0 spiro atoms. The van der Waals surface area contributed by atoms with Crippen molar-refractivity contribution >= 4 is 23.1 Å². The quantitative estimate of drug-likeness (QED) is 0.350. The largest absolute Gasteiger partial charge is 0.493 e. The predicted octanol–water partition coefficient (Wildman–Crippen LogP) is 5.46. The van der Waals surface area contributed by atoms with Crippen LogP contribution < -0.4 is 24.4 Å². The van der Waals surface area contributed by atoms with Crippen molar-refractivity contribution in [1.82, 2.24) is 4.57 Å². The van der Waals surface area contributed by atoms with Crippen LogP contribution in [0.1, 0.15) is 60.0 Å². The van der Waals surface area contributed by atoms with Crippen molar-refractivity contribution in [3.8, 4) is 11.5 Å². The van der Waals surface area contributed by atoms with E-state index >= 15 is 0 Å². The fourth-order valence-electron chi connectivity index (χ4n) is 5.47. The molecule has 1 aliphatic carbocycles. The first-order valence-electron chi connectivity index (χ1n) is 12.9. The number of hydrogen-bond donors (Lipinski definition) is 0. The van der Waals surface area contributed by atoms with E-state index in [1.807, 2.05) is 28.8 Å². The highest BCUT2D eigenvalue weighted by molar-refractivity contribution is 7.07. The van der Waals surface area contributed by atoms with Crippen LogP contribution in [0.2, 0.25) is 0 Å². The van der Waals surface area contributed by atoms with Crippen molar-refractivity contribution in [2.45, 2.75) is 38.6 Å². The number of aromatic nitrogens is 1. The molecule has 0 bridgehead atoms. The third kappa shape index (κ3) is 4.09. The monoisotopic (exact) mass is 522 g/mol. The van der Waals surface area contributed by atoms with Gasteiger partial charge in [0.1, 0.15) is 0 Å². The molecule has 1 aliphatic heterocycles. The summed E-state index contributed by atoms with van der Waals surface area (Å²) in [7, 11) is 3.27. The molecule has 0 amide bonds. The Morgan fingerprint density at radius 1 is 0.974 bits per heavy atom. The summed E-state index contributed by atoms with van der Waals surface area (Å²) in [6.07, 6.45) is 3.74. The maximum Gasteiger partial charge on any atom is 0.271 e. The van der Waals surface area contributed by atoms with Gasteiger partial charge in [-0.15, -0.1) is 0 Å². The van der Waals surface area contributed by atoms with Gasteiger partial charge in [0.15, 0.2) is 16.3 Å². The molecule has 5 nitrogen and oxygen atoms in total. The van der Waals surface area contributed by atoms with E-state index in [-0.39, 0.29) is 11.6 Å². The number of ether oxygens (including phenoxy) is 2. The van der Waals surface area contributed by atoms with Gasteiger partial charge in [0.2, 0.25) is 0 Å². The summed E-state index contributed by atoms with van der Waals surface area (Å²) in [5.74, 6) is 1.77. The number of nitrogens with zero attached hydrogens (tertiary/aromatic N) is 2. The molecule has 2 heterocycles. The molecule has 2 aliphatic rings.